The molecule has 2 N–H and O–H groups in total. The molecule has 0 radical (unpaired) electrons. The van der Waals surface area contributed by atoms with Crippen LogP contribution in [0.1, 0.15) is 13.8 Å². The molecule has 1 aromatic heterocycles. The van der Waals surface area contributed by atoms with Gasteiger partial charge in [0, 0.05) is 18.5 Å². The van der Waals surface area contributed by atoms with E-state index in [1.165, 1.54) is 0 Å². The minimum Gasteiger partial charge on any atom is -0.370 e. The molecule has 102 valence electrons. The second-order valence-electron chi connectivity index (χ2n) is 4.08. The zero-order chi connectivity index (χ0) is 13.9. The molecule has 0 fully saturated rings. The van der Waals surface area contributed by atoms with Crippen LogP contribution in [0.5, 0.6) is 0 Å². The first-order valence-corrected chi connectivity index (χ1v) is 7.69. The van der Waals surface area contributed by atoms with Crippen molar-refractivity contribution in [1.82, 2.24) is 9.71 Å². The predicted octanol–water partition coefficient (Wildman–Crippen LogP) is 1.96. The third-order valence-electron chi connectivity index (χ3n) is 2.66. The molecule has 0 aliphatic rings. The van der Waals surface area contributed by atoms with Gasteiger partial charge < -0.3 is 5.32 Å². The van der Waals surface area contributed by atoms with Gasteiger partial charge in [-0.2, -0.15) is 0 Å². The molecule has 0 saturated heterocycles. The topological polar surface area (TPSA) is 71.1 Å². The Morgan fingerprint density at radius 3 is 2.58 bits per heavy atom. The molecule has 1 heterocycles. The average molecular weight is 279 g/mol. The second kappa shape index (κ2) is 5.54. The van der Waals surface area contributed by atoms with Crippen molar-refractivity contribution in [3.8, 4) is 0 Å². The van der Waals surface area contributed by atoms with Gasteiger partial charge in [0.15, 0.2) is 0 Å². The number of nitrogens with zero attached hydrogens (tertiary/aromatic N) is 1. The fourth-order valence-corrected chi connectivity index (χ4v) is 2.90. The summed E-state index contributed by atoms with van der Waals surface area (Å²) in [5, 5.41) is 3.93. The van der Waals surface area contributed by atoms with Gasteiger partial charge in [-0.1, -0.05) is 6.92 Å². The van der Waals surface area contributed by atoms with E-state index < -0.39 is 10.0 Å². The fraction of sp³-hybridized carbons (Fsp3) is 0.308. The molecule has 0 aliphatic heterocycles. The lowest BCUT2D eigenvalue weighted by Crippen LogP contribution is -2.23. The Morgan fingerprint density at radius 1 is 1.11 bits per heavy atom. The summed E-state index contributed by atoms with van der Waals surface area (Å²) in [6.45, 7) is 4.92. The van der Waals surface area contributed by atoms with E-state index in [9.17, 15) is 8.42 Å². The highest BCUT2D eigenvalue weighted by Crippen LogP contribution is 2.19. The Bertz CT molecular complexity index is 683. The number of fused-ring (bicyclic) bond motifs is 1. The van der Waals surface area contributed by atoms with E-state index in [-0.39, 0.29) is 4.90 Å². The summed E-state index contributed by atoms with van der Waals surface area (Å²) < 4.78 is 26.3. The average Bonchev–Trinajstić information content (AvgIpc) is 2.38. The summed E-state index contributed by atoms with van der Waals surface area (Å²) >= 11 is 0. The lowest BCUT2D eigenvalue weighted by molar-refractivity contribution is 0.584. The number of rotatable bonds is 5. The zero-order valence-corrected chi connectivity index (χ0v) is 11.8. The summed E-state index contributed by atoms with van der Waals surface area (Å²) in [4.78, 5) is 4.67. The van der Waals surface area contributed by atoms with Gasteiger partial charge in [-0.15, -0.1) is 0 Å². The van der Waals surface area contributed by atoms with Crippen molar-refractivity contribution in [2.24, 2.45) is 0 Å². The lowest BCUT2D eigenvalue weighted by atomic mass is 10.2. The highest BCUT2D eigenvalue weighted by atomic mass is 32.2. The Hall–Kier alpha value is -1.66. The van der Waals surface area contributed by atoms with Gasteiger partial charge in [0.2, 0.25) is 10.0 Å². The summed E-state index contributed by atoms with van der Waals surface area (Å²) in [7, 11) is -3.42. The molecule has 0 amide bonds. The van der Waals surface area contributed by atoms with Crippen LogP contribution < -0.4 is 10.0 Å². The monoisotopic (exact) mass is 279 g/mol. The van der Waals surface area contributed by atoms with Crippen molar-refractivity contribution in [2.45, 2.75) is 18.7 Å². The summed E-state index contributed by atoms with van der Waals surface area (Å²) in [5.74, 6) is 0.789. The quantitative estimate of drug-likeness (QED) is 0.877. The summed E-state index contributed by atoms with van der Waals surface area (Å²) in [6, 6.07) is 8.64. The van der Waals surface area contributed by atoms with E-state index in [4.69, 9.17) is 0 Å². The molecule has 0 aliphatic carbocycles. The van der Waals surface area contributed by atoms with Gasteiger partial charge in [-0.05, 0) is 37.3 Å². The number of aromatic nitrogens is 1. The molecule has 19 heavy (non-hydrogen) atoms. The smallest absolute Gasteiger partial charge is 0.240 e. The molecular weight excluding hydrogens is 262 g/mol. The molecule has 2 aromatic rings. The summed E-state index contributed by atoms with van der Waals surface area (Å²) in [5.41, 5.74) is 0.772. The predicted molar refractivity (Wildman–Crippen MR) is 76.8 cm³/mol. The van der Waals surface area contributed by atoms with E-state index >= 15 is 0 Å². The minimum absolute atomic E-state index is 0.264. The van der Waals surface area contributed by atoms with Crippen LogP contribution in [0.15, 0.2) is 35.2 Å². The number of hydrogen-bond acceptors (Lipinski definition) is 4. The molecule has 5 nitrogen and oxygen atoms in total. The van der Waals surface area contributed by atoms with Crippen LogP contribution in [-0.2, 0) is 10.0 Å². The Labute approximate surface area is 113 Å². The molecule has 0 spiro atoms. The standard InChI is InChI=1S/C13H17N3O2S/c1-3-14-13-8-5-10-9-11(6-7-12(10)16-13)19(17,18)15-4-2/h5-9,15H,3-4H2,1-2H3,(H,14,16). The van der Waals surface area contributed by atoms with E-state index in [0.29, 0.717) is 6.54 Å². The van der Waals surface area contributed by atoms with Crippen molar-refractivity contribution in [3.05, 3.63) is 30.3 Å². The third kappa shape index (κ3) is 3.02. The van der Waals surface area contributed by atoms with Gasteiger partial charge in [0.25, 0.3) is 0 Å². The number of nitrogens with one attached hydrogen (secondary N) is 2. The van der Waals surface area contributed by atoms with E-state index in [1.807, 2.05) is 19.1 Å². The van der Waals surface area contributed by atoms with Gasteiger partial charge in [0.05, 0.1) is 10.4 Å². The molecular formula is C13H17N3O2S. The van der Waals surface area contributed by atoms with Gasteiger partial charge in [0.1, 0.15) is 5.82 Å². The molecule has 2 rings (SSSR count). The number of sulfonamides is 1. The van der Waals surface area contributed by atoms with Crippen LogP contribution in [0.25, 0.3) is 10.9 Å². The second-order valence-corrected chi connectivity index (χ2v) is 5.85. The third-order valence-corrected chi connectivity index (χ3v) is 4.21. The Kier molecular flexibility index (Phi) is 4.01. The van der Waals surface area contributed by atoms with E-state index in [0.717, 1.165) is 23.3 Å². The first-order chi connectivity index (χ1) is 9.06. The van der Waals surface area contributed by atoms with Crippen LogP contribution in [-0.4, -0.2) is 26.5 Å². The molecule has 1 aromatic carbocycles. The number of anilines is 1. The fourth-order valence-electron chi connectivity index (χ4n) is 1.82. The zero-order valence-electron chi connectivity index (χ0n) is 11.0. The molecule has 6 heteroatoms. The van der Waals surface area contributed by atoms with Crippen molar-refractivity contribution in [1.29, 1.82) is 0 Å². The molecule has 0 saturated carbocycles. The van der Waals surface area contributed by atoms with Crippen molar-refractivity contribution in [3.63, 3.8) is 0 Å². The molecule has 0 bridgehead atoms. The number of benzene rings is 1. The van der Waals surface area contributed by atoms with Crippen LogP contribution in [0, 0.1) is 0 Å². The molecule has 0 unspecified atom stereocenters. The Morgan fingerprint density at radius 2 is 1.89 bits per heavy atom. The van der Waals surface area contributed by atoms with Gasteiger partial charge in [-0.25, -0.2) is 18.1 Å². The Balaban J connectivity index is 2.45. The largest absolute Gasteiger partial charge is 0.370 e. The maximum atomic E-state index is 11.9. The van der Waals surface area contributed by atoms with Crippen molar-refractivity contribution in [2.75, 3.05) is 18.4 Å². The van der Waals surface area contributed by atoms with Gasteiger partial charge >= 0.3 is 0 Å². The van der Waals surface area contributed by atoms with Crippen LogP contribution in [0.4, 0.5) is 5.82 Å². The first-order valence-electron chi connectivity index (χ1n) is 6.21. The van der Waals surface area contributed by atoms with E-state index in [2.05, 4.69) is 15.0 Å². The summed E-state index contributed by atoms with van der Waals surface area (Å²) in [6.07, 6.45) is 0. The lowest BCUT2D eigenvalue weighted by Gasteiger charge is -2.07. The molecule has 0 atom stereocenters. The SMILES string of the molecule is CCNc1ccc2cc(S(=O)(=O)NCC)ccc2n1. The van der Waals surface area contributed by atoms with Gasteiger partial charge in [-0.3, -0.25) is 0 Å². The normalized spacial score (nSPS) is 11.7. The highest BCUT2D eigenvalue weighted by Gasteiger charge is 2.13. The maximum Gasteiger partial charge on any atom is 0.240 e. The van der Waals surface area contributed by atoms with Crippen molar-refractivity contribution < 1.29 is 8.42 Å². The number of pyridine rings is 1. The highest BCUT2D eigenvalue weighted by molar-refractivity contribution is 7.89. The minimum atomic E-state index is -3.42. The maximum absolute atomic E-state index is 11.9. The van der Waals surface area contributed by atoms with Crippen molar-refractivity contribution >= 4 is 26.7 Å². The van der Waals surface area contributed by atoms with Crippen LogP contribution in [0.3, 0.4) is 0 Å². The first kappa shape index (κ1) is 13.8. The van der Waals surface area contributed by atoms with Crippen LogP contribution in [0.2, 0.25) is 0 Å². The number of hydrogen-bond donors (Lipinski definition) is 2. The van der Waals surface area contributed by atoms with Crippen LogP contribution >= 0.6 is 0 Å². The van der Waals surface area contributed by atoms with E-state index in [1.54, 1.807) is 25.1 Å².